The minimum absolute atomic E-state index is 0.0138. The first-order chi connectivity index (χ1) is 17.1. The van der Waals surface area contributed by atoms with Gasteiger partial charge in [0, 0.05) is 24.7 Å². The Kier molecular flexibility index (Phi) is 6.82. The lowest BCUT2D eigenvalue weighted by molar-refractivity contribution is -0.125. The van der Waals surface area contributed by atoms with E-state index in [4.69, 9.17) is 16.6 Å². The number of hydrogen-bond donors (Lipinski definition) is 1. The Morgan fingerprint density at radius 3 is 2.60 bits per heavy atom. The maximum absolute atomic E-state index is 13.7. The molecule has 35 heavy (non-hydrogen) atoms. The van der Waals surface area contributed by atoms with E-state index in [9.17, 15) is 9.59 Å². The van der Waals surface area contributed by atoms with Gasteiger partial charge in [-0.1, -0.05) is 66.2 Å². The van der Waals surface area contributed by atoms with Crippen molar-refractivity contribution >= 4 is 34.4 Å². The van der Waals surface area contributed by atoms with Gasteiger partial charge in [0.1, 0.15) is 0 Å². The highest BCUT2D eigenvalue weighted by Crippen LogP contribution is 2.22. The quantitative estimate of drug-likeness (QED) is 0.431. The van der Waals surface area contributed by atoms with Crippen LogP contribution in [0.1, 0.15) is 24.0 Å². The van der Waals surface area contributed by atoms with Crippen molar-refractivity contribution in [3.63, 3.8) is 0 Å². The number of benzene rings is 3. The number of nitrogens with zero attached hydrogens (tertiary/aromatic N) is 3. The Morgan fingerprint density at radius 2 is 1.77 bits per heavy atom. The predicted octanol–water partition coefficient (Wildman–Crippen LogP) is 4.63. The third-order valence-electron chi connectivity index (χ3n) is 6.47. The van der Waals surface area contributed by atoms with Crippen LogP contribution in [0.25, 0.3) is 11.0 Å². The van der Waals surface area contributed by atoms with Gasteiger partial charge in [0.15, 0.2) is 5.82 Å². The third kappa shape index (κ3) is 5.23. The van der Waals surface area contributed by atoms with Gasteiger partial charge in [-0.15, -0.1) is 0 Å². The van der Waals surface area contributed by atoms with Crippen molar-refractivity contribution in [1.29, 1.82) is 0 Å². The molecule has 1 aliphatic rings. The molecule has 0 radical (unpaired) electrons. The number of piperidine rings is 1. The number of amides is 1. The fourth-order valence-electron chi connectivity index (χ4n) is 4.67. The van der Waals surface area contributed by atoms with Crippen LogP contribution in [0.4, 0.5) is 5.82 Å². The molecule has 7 heteroatoms. The summed E-state index contributed by atoms with van der Waals surface area (Å²) in [5.74, 6) is 0.185. The SMILES string of the molecule is O=C(NCc1cccc(Cl)c1)C1CCCN(c2nc3ccccc3n(Cc3ccccc3)c2=O)C1. The molecular weight excluding hydrogens is 460 g/mol. The monoisotopic (exact) mass is 486 g/mol. The molecule has 0 saturated carbocycles. The van der Waals surface area contributed by atoms with Crippen LogP contribution in [-0.2, 0) is 17.9 Å². The molecular formula is C28H27ClN4O2. The number of hydrogen-bond acceptors (Lipinski definition) is 4. The number of halogens is 1. The van der Waals surface area contributed by atoms with Crippen molar-refractivity contribution in [2.24, 2.45) is 5.92 Å². The average molecular weight is 487 g/mol. The summed E-state index contributed by atoms with van der Waals surface area (Å²) < 4.78 is 1.79. The molecule has 0 aliphatic carbocycles. The summed E-state index contributed by atoms with van der Waals surface area (Å²) in [4.78, 5) is 33.3. The Hall–Kier alpha value is -3.64. The largest absolute Gasteiger partial charge is 0.352 e. The molecule has 178 valence electrons. The van der Waals surface area contributed by atoms with Crippen molar-refractivity contribution in [3.8, 4) is 0 Å². The Labute approximate surface area is 209 Å². The summed E-state index contributed by atoms with van der Waals surface area (Å²) in [6, 6.07) is 25.1. The van der Waals surface area contributed by atoms with Gasteiger partial charge in [0.2, 0.25) is 5.91 Å². The fraction of sp³-hybridized carbons (Fsp3) is 0.250. The molecule has 1 N–H and O–H groups in total. The van der Waals surface area contributed by atoms with Crippen molar-refractivity contribution in [2.45, 2.75) is 25.9 Å². The number of rotatable bonds is 6. The van der Waals surface area contributed by atoms with Gasteiger partial charge in [0.05, 0.1) is 23.5 Å². The molecule has 4 aromatic rings. The molecule has 0 spiro atoms. The maximum atomic E-state index is 13.7. The number of aromatic nitrogens is 2. The van der Waals surface area contributed by atoms with E-state index in [1.165, 1.54) is 0 Å². The van der Waals surface area contributed by atoms with Crippen LogP contribution in [0.15, 0.2) is 83.7 Å². The molecule has 5 rings (SSSR count). The summed E-state index contributed by atoms with van der Waals surface area (Å²) in [6.07, 6.45) is 1.60. The van der Waals surface area contributed by atoms with E-state index >= 15 is 0 Å². The van der Waals surface area contributed by atoms with Crippen LogP contribution in [-0.4, -0.2) is 28.5 Å². The van der Waals surface area contributed by atoms with E-state index in [1.807, 2.05) is 83.8 Å². The molecule has 1 unspecified atom stereocenters. The van der Waals surface area contributed by atoms with Crippen LogP contribution in [0.3, 0.4) is 0 Å². The zero-order valence-electron chi connectivity index (χ0n) is 19.4. The first-order valence-electron chi connectivity index (χ1n) is 11.9. The van der Waals surface area contributed by atoms with Gasteiger partial charge in [-0.05, 0) is 48.2 Å². The second-order valence-corrected chi connectivity index (χ2v) is 9.37. The summed E-state index contributed by atoms with van der Waals surface area (Å²) in [6.45, 7) is 2.05. The van der Waals surface area contributed by atoms with E-state index in [1.54, 1.807) is 4.57 Å². The highest BCUT2D eigenvalue weighted by molar-refractivity contribution is 6.30. The first-order valence-corrected chi connectivity index (χ1v) is 12.3. The molecule has 2 heterocycles. The van der Waals surface area contributed by atoms with Crippen molar-refractivity contribution in [2.75, 3.05) is 18.0 Å². The number of fused-ring (bicyclic) bond motifs is 1. The van der Waals surface area contributed by atoms with Crippen molar-refractivity contribution < 1.29 is 4.79 Å². The topological polar surface area (TPSA) is 67.2 Å². The zero-order chi connectivity index (χ0) is 24.2. The normalized spacial score (nSPS) is 15.8. The van der Waals surface area contributed by atoms with E-state index in [2.05, 4.69) is 5.32 Å². The summed E-state index contributed by atoms with van der Waals surface area (Å²) >= 11 is 6.06. The number of nitrogens with one attached hydrogen (secondary N) is 1. The molecule has 1 aromatic heterocycles. The van der Waals surface area contributed by atoms with Gasteiger partial charge in [0.25, 0.3) is 5.56 Å². The van der Waals surface area contributed by atoms with Gasteiger partial charge in [-0.25, -0.2) is 4.98 Å². The maximum Gasteiger partial charge on any atom is 0.294 e. The van der Waals surface area contributed by atoms with Gasteiger partial charge >= 0.3 is 0 Å². The highest BCUT2D eigenvalue weighted by atomic mass is 35.5. The molecule has 6 nitrogen and oxygen atoms in total. The van der Waals surface area contributed by atoms with Crippen LogP contribution in [0.2, 0.25) is 5.02 Å². The molecule has 1 amide bonds. The number of para-hydroxylation sites is 2. The van der Waals surface area contributed by atoms with E-state index < -0.39 is 0 Å². The second kappa shape index (κ2) is 10.3. The van der Waals surface area contributed by atoms with Crippen LogP contribution >= 0.6 is 11.6 Å². The number of carbonyl (C=O) groups excluding carboxylic acids is 1. The molecule has 1 saturated heterocycles. The summed E-state index contributed by atoms with van der Waals surface area (Å²) in [5, 5.41) is 3.68. The van der Waals surface area contributed by atoms with E-state index in [-0.39, 0.29) is 17.4 Å². The fourth-order valence-corrected chi connectivity index (χ4v) is 4.88. The van der Waals surface area contributed by atoms with Crippen molar-refractivity contribution in [1.82, 2.24) is 14.9 Å². The lowest BCUT2D eigenvalue weighted by Crippen LogP contribution is -2.45. The average Bonchev–Trinajstić information content (AvgIpc) is 2.89. The number of anilines is 1. The molecule has 3 aromatic carbocycles. The molecule has 1 atom stereocenters. The van der Waals surface area contributed by atoms with E-state index in [0.717, 1.165) is 35.0 Å². The van der Waals surface area contributed by atoms with Crippen LogP contribution in [0, 0.1) is 5.92 Å². The van der Waals surface area contributed by atoms with Crippen molar-refractivity contribution in [3.05, 3.63) is 105 Å². The van der Waals surface area contributed by atoms with Gasteiger partial charge in [-0.3, -0.25) is 14.2 Å². The molecule has 0 bridgehead atoms. The van der Waals surface area contributed by atoms with Gasteiger partial charge < -0.3 is 10.2 Å². The predicted molar refractivity (Wildman–Crippen MR) is 140 cm³/mol. The van der Waals surface area contributed by atoms with Gasteiger partial charge in [-0.2, -0.15) is 0 Å². The molecule has 1 aliphatic heterocycles. The standard InChI is InChI=1S/C28H27ClN4O2/c29-23-12-6-10-21(16-23)17-30-27(34)22-11-7-15-32(19-22)26-28(35)33(18-20-8-2-1-3-9-20)25-14-5-4-13-24(25)31-26/h1-6,8-10,12-14,16,22H,7,11,15,17-19H2,(H,30,34). The smallest absolute Gasteiger partial charge is 0.294 e. The minimum Gasteiger partial charge on any atom is -0.352 e. The second-order valence-electron chi connectivity index (χ2n) is 8.93. The Bertz CT molecular complexity index is 1400. The summed E-state index contributed by atoms with van der Waals surface area (Å²) in [5.41, 5.74) is 3.45. The van der Waals surface area contributed by atoms with Crippen LogP contribution < -0.4 is 15.8 Å². The lowest BCUT2D eigenvalue weighted by Gasteiger charge is -2.32. The number of carbonyl (C=O) groups is 1. The third-order valence-corrected chi connectivity index (χ3v) is 6.70. The Balaban J connectivity index is 1.39. The minimum atomic E-state index is -0.210. The highest BCUT2D eigenvalue weighted by Gasteiger charge is 2.28. The van der Waals surface area contributed by atoms with E-state index in [0.29, 0.717) is 37.0 Å². The first kappa shape index (κ1) is 23.1. The summed E-state index contributed by atoms with van der Waals surface area (Å²) in [7, 11) is 0. The molecule has 1 fully saturated rings. The lowest BCUT2D eigenvalue weighted by atomic mass is 9.97. The van der Waals surface area contributed by atoms with Crippen LogP contribution in [0.5, 0.6) is 0 Å². The zero-order valence-corrected chi connectivity index (χ0v) is 20.1. The Morgan fingerprint density at radius 1 is 1.00 bits per heavy atom.